The second-order valence-corrected chi connectivity index (χ2v) is 8.43. The Morgan fingerprint density at radius 2 is 1.55 bits per heavy atom. The molecular weight excluding hydrogens is 416 g/mol. The minimum absolute atomic E-state index is 0.0656. The number of Topliss-reactive ketones (excluding diaryl/α,β-unsaturated/α-hetero) is 1. The van der Waals surface area contributed by atoms with E-state index in [1.807, 2.05) is 79.7 Å². The van der Waals surface area contributed by atoms with Gasteiger partial charge in [-0.15, -0.1) is 0 Å². The lowest BCUT2D eigenvalue weighted by atomic mass is 9.67. The number of benzene rings is 3. The lowest BCUT2D eigenvalue weighted by molar-refractivity contribution is -0.139. The molecule has 0 bridgehead atoms. The fraction of sp³-hybridized carbons (Fsp3) is 0.222. The summed E-state index contributed by atoms with van der Waals surface area (Å²) in [4.78, 5) is 36.6. The van der Waals surface area contributed by atoms with Gasteiger partial charge in [0.25, 0.3) is 0 Å². The summed E-state index contributed by atoms with van der Waals surface area (Å²) in [5, 5.41) is 14.9. The Labute approximate surface area is 192 Å². The molecule has 0 saturated heterocycles. The van der Waals surface area contributed by atoms with E-state index in [2.05, 4.69) is 10.6 Å². The van der Waals surface area contributed by atoms with Gasteiger partial charge in [-0.05, 0) is 60.2 Å². The van der Waals surface area contributed by atoms with Crippen LogP contribution in [0.25, 0.3) is 11.1 Å². The third kappa shape index (κ3) is 4.80. The number of rotatable bonds is 6. The lowest BCUT2D eigenvalue weighted by Crippen LogP contribution is -2.37. The zero-order chi connectivity index (χ0) is 23.4. The second-order valence-electron chi connectivity index (χ2n) is 8.43. The highest BCUT2D eigenvalue weighted by Gasteiger charge is 2.42. The largest absolute Gasteiger partial charge is 0.481 e. The summed E-state index contributed by atoms with van der Waals surface area (Å²) in [6, 6.07) is 22.1. The molecule has 168 valence electrons. The Hall–Kier alpha value is -3.93. The molecule has 2 amide bonds. The molecule has 0 aliphatic heterocycles. The molecule has 3 aromatic carbocycles. The van der Waals surface area contributed by atoms with Crippen LogP contribution in [0, 0.1) is 5.41 Å². The summed E-state index contributed by atoms with van der Waals surface area (Å²) in [7, 11) is 0. The highest BCUT2D eigenvalue weighted by atomic mass is 16.4. The van der Waals surface area contributed by atoms with Crippen LogP contribution in [0.4, 0.5) is 16.2 Å². The SMILES string of the molecule is CC[C@@]1(CC(=O)O)CCc2cc(-c3ccc(NC(=O)Nc4ccccc4)cc3)ccc2C1=O. The molecule has 0 radical (unpaired) electrons. The average Bonchev–Trinajstić information content (AvgIpc) is 2.81. The Morgan fingerprint density at radius 3 is 2.18 bits per heavy atom. The number of carboxylic acid groups (broad SMARTS) is 1. The summed E-state index contributed by atoms with van der Waals surface area (Å²) in [6.45, 7) is 1.88. The number of hydrogen-bond acceptors (Lipinski definition) is 3. The Balaban J connectivity index is 1.48. The van der Waals surface area contributed by atoms with Gasteiger partial charge in [0.1, 0.15) is 0 Å². The van der Waals surface area contributed by atoms with E-state index in [-0.39, 0.29) is 18.2 Å². The maximum absolute atomic E-state index is 13.1. The van der Waals surface area contributed by atoms with E-state index in [9.17, 15) is 19.5 Å². The number of carboxylic acids is 1. The zero-order valence-electron chi connectivity index (χ0n) is 18.4. The average molecular weight is 443 g/mol. The number of nitrogens with one attached hydrogen (secondary N) is 2. The molecule has 0 saturated carbocycles. The van der Waals surface area contributed by atoms with Gasteiger partial charge in [-0.3, -0.25) is 9.59 Å². The highest BCUT2D eigenvalue weighted by Crippen LogP contribution is 2.42. The fourth-order valence-corrected chi connectivity index (χ4v) is 4.46. The van der Waals surface area contributed by atoms with Gasteiger partial charge >= 0.3 is 12.0 Å². The molecule has 1 aliphatic rings. The van der Waals surface area contributed by atoms with Crippen molar-refractivity contribution in [1.82, 2.24) is 0 Å². The molecule has 4 rings (SSSR count). The minimum atomic E-state index is -0.934. The number of urea groups is 1. The number of hydrogen-bond donors (Lipinski definition) is 3. The summed E-state index contributed by atoms with van der Waals surface area (Å²) in [5.41, 5.74) is 4.10. The lowest BCUT2D eigenvalue weighted by Gasteiger charge is -2.35. The number of anilines is 2. The molecule has 1 aliphatic carbocycles. The van der Waals surface area contributed by atoms with Crippen LogP contribution < -0.4 is 10.6 Å². The zero-order valence-corrected chi connectivity index (χ0v) is 18.4. The van der Waals surface area contributed by atoms with Gasteiger partial charge in [0.2, 0.25) is 0 Å². The number of amides is 2. The quantitative estimate of drug-likeness (QED) is 0.436. The van der Waals surface area contributed by atoms with Gasteiger partial charge in [0, 0.05) is 22.4 Å². The van der Waals surface area contributed by atoms with Crippen molar-refractivity contribution in [2.45, 2.75) is 32.6 Å². The number of aryl methyl sites for hydroxylation is 1. The van der Waals surface area contributed by atoms with Gasteiger partial charge in [0.05, 0.1) is 6.42 Å². The molecule has 6 nitrogen and oxygen atoms in total. The van der Waals surface area contributed by atoms with Crippen LogP contribution in [0.1, 0.15) is 42.1 Å². The van der Waals surface area contributed by atoms with Crippen molar-refractivity contribution in [2.75, 3.05) is 10.6 Å². The summed E-state index contributed by atoms with van der Waals surface area (Å²) in [6.07, 6.45) is 1.61. The number of aliphatic carboxylic acids is 1. The number of fused-ring (bicyclic) bond motifs is 1. The highest BCUT2D eigenvalue weighted by molar-refractivity contribution is 6.04. The number of ketones is 1. The van der Waals surface area contributed by atoms with E-state index in [1.165, 1.54) is 0 Å². The number of para-hydroxylation sites is 1. The van der Waals surface area contributed by atoms with E-state index in [0.717, 1.165) is 16.7 Å². The van der Waals surface area contributed by atoms with E-state index in [4.69, 9.17) is 0 Å². The first-order valence-corrected chi connectivity index (χ1v) is 11.0. The molecular formula is C27H26N2O4. The predicted octanol–water partition coefficient (Wildman–Crippen LogP) is 6.00. The van der Waals surface area contributed by atoms with Crippen LogP contribution in [0.3, 0.4) is 0 Å². The fourth-order valence-electron chi connectivity index (χ4n) is 4.46. The maximum atomic E-state index is 13.1. The molecule has 3 N–H and O–H groups in total. The number of carbonyl (C=O) groups excluding carboxylic acids is 2. The molecule has 6 heteroatoms. The number of carbonyl (C=O) groups is 3. The van der Waals surface area contributed by atoms with Crippen molar-refractivity contribution in [3.63, 3.8) is 0 Å². The first-order valence-electron chi connectivity index (χ1n) is 11.0. The molecule has 0 heterocycles. The maximum Gasteiger partial charge on any atom is 0.323 e. The summed E-state index contributed by atoms with van der Waals surface area (Å²) >= 11 is 0. The van der Waals surface area contributed by atoms with Crippen molar-refractivity contribution >= 4 is 29.2 Å². The smallest absolute Gasteiger partial charge is 0.323 e. The van der Waals surface area contributed by atoms with Crippen molar-refractivity contribution < 1.29 is 19.5 Å². The van der Waals surface area contributed by atoms with Crippen LogP contribution >= 0.6 is 0 Å². The van der Waals surface area contributed by atoms with Gasteiger partial charge in [-0.2, -0.15) is 0 Å². The molecule has 33 heavy (non-hydrogen) atoms. The summed E-state index contributed by atoms with van der Waals surface area (Å²) in [5.74, 6) is -0.999. The van der Waals surface area contributed by atoms with Crippen molar-refractivity contribution in [3.05, 3.63) is 83.9 Å². The van der Waals surface area contributed by atoms with E-state index in [0.29, 0.717) is 36.2 Å². The Morgan fingerprint density at radius 1 is 0.909 bits per heavy atom. The Kier molecular flexibility index (Phi) is 6.27. The first kappa shape index (κ1) is 22.3. The van der Waals surface area contributed by atoms with E-state index >= 15 is 0 Å². The standard InChI is InChI=1S/C27H26N2O4/c1-2-27(17-24(30)31)15-14-20-16-19(10-13-23(20)25(27)32)18-8-11-22(12-9-18)29-26(33)28-21-6-4-3-5-7-21/h3-13,16H,2,14-15,17H2,1H3,(H,30,31)(H2,28,29,33)/t27-/m0/s1. The molecule has 0 fully saturated rings. The normalized spacial score (nSPS) is 17.2. The van der Waals surface area contributed by atoms with Crippen LogP contribution in [0.15, 0.2) is 72.8 Å². The monoisotopic (exact) mass is 442 g/mol. The van der Waals surface area contributed by atoms with Crippen molar-refractivity contribution in [1.29, 1.82) is 0 Å². The van der Waals surface area contributed by atoms with E-state index < -0.39 is 11.4 Å². The molecule has 3 aromatic rings. The first-order chi connectivity index (χ1) is 15.9. The molecule has 1 atom stereocenters. The van der Waals surface area contributed by atoms with E-state index in [1.54, 1.807) is 0 Å². The van der Waals surface area contributed by atoms with Crippen LogP contribution in [-0.2, 0) is 11.2 Å². The van der Waals surface area contributed by atoms with Crippen LogP contribution in [0.5, 0.6) is 0 Å². The topological polar surface area (TPSA) is 95.5 Å². The predicted molar refractivity (Wildman–Crippen MR) is 129 cm³/mol. The van der Waals surface area contributed by atoms with Crippen molar-refractivity contribution in [3.8, 4) is 11.1 Å². The van der Waals surface area contributed by atoms with Crippen LogP contribution in [0.2, 0.25) is 0 Å². The molecule has 0 aromatic heterocycles. The Bertz CT molecular complexity index is 1190. The second kappa shape index (κ2) is 9.28. The van der Waals surface area contributed by atoms with Crippen LogP contribution in [-0.4, -0.2) is 22.9 Å². The van der Waals surface area contributed by atoms with Gasteiger partial charge < -0.3 is 15.7 Å². The third-order valence-electron chi connectivity index (χ3n) is 6.38. The van der Waals surface area contributed by atoms with Gasteiger partial charge in [-0.25, -0.2) is 4.79 Å². The third-order valence-corrected chi connectivity index (χ3v) is 6.38. The van der Waals surface area contributed by atoms with Crippen molar-refractivity contribution in [2.24, 2.45) is 5.41 Å². The van der Waals surface area contributed by atoms with Gasteiger partial charge in [0.15, 0.2) is 5.78 Å². The van der Waals surface area contributed by atoms with Gasteiger partial charge in [-0.1, -0.05) is 55.5 Å². The molecule has 0 unspecified atom stereocenters. The minimum Gasteiger partial charge on any atom is -0.481 e. The molecule has 0 spiro atoms. The summed E-state index contributed by atoms with van der Waals surface area (Å²) < 4.78 is 0.